The van der Waals surface area contributed by atoms with E-state index in [1.54, 1.807) is 20.3 Å². The van der Waals surface area contributed by atoms with Crippen LogP contribution < -0.4 is 9.47 Å². The average Bonchev–Trinajstić information content (AvgIpc) is 2.67. The van der Waals surface area contributed by atoms with Crippen molar-refractivity contribution in [2.24, 2.45) is 0 Å². The Hall–Kier alpha value is -2.75. The van der Waals surface area contributed by atoms with E-state index in [2.05, 4.69) is 24.0 Å². The van der Waals surface area contributed by atoms with Crippen molar-refractivity contribution in [3.8, 4) is 11.5 Å². The summed E-state index contributed by atoms with van der Waals surface area (Å²) in [6.45, 7) is 2.12. The van der Waals surface area contributed by atoms with E-state index in [9.17, 15) is 4.79 Å². The lowest BCUT2D eigenvalue weighted by Crippen LogP contribution is -2.31. The summed E-state index contributed by atoms with van der Waals surface area (Å²) >= 11 is 0. The van der Waals surface area contributed by atoms with Crippen molar-refractivity contribution in [2.45, 2.75) is 25.4 Å². The Morgan fingerprint density at radius 3 is 2.52 bits per heavy atom. The van der Waals surface area contributed by atoms with Crippen molar-refractivity contribution in [1.82, 2.24) is 4.90 Å². The summed E-state index contributed by atoms with van der Waals surface area (Å²) in [5, 5.41) is 0. The normalized spacial score (nSPS) is 18.1. The molecule has 1 heterocycles. The summed E-state index contributed by atoms with van der Waals surface area (Å²) in [7, 11) is 3.32. The summed E-state index contributed by atoms with van der Waals surface area (Å²) in [4.78, 5) is 14.2. The Kier molecular flexibility index (Phi) is 5.08. The molecule has 25 heavy (non-hydrogen) atoms. The lowest BCUT2D eigenvalue weighted by atomic mass is 9.94. The maximum Gasteiger partial charge on any atom is 0.159 e. The Morgan fingerprint density at radius 2 is 1.84 bits per heavy atom. The second kappa shape index (κ2) is 7.43. The number of hydrogen-bond acceptors (Lipinski definition) is 4. The second-order valence-electron chi connectivity index (χ2n) is 6.14. The first-order valence-corrected chi connectivity index (χ1v) is 8.39. The summed E-state index contributed by atoms with van der Waals surface area (Å²) in [6.07, 6.45) is 4.02. The molecule has 130 valence electrons. The predicted octanol–water partition coefficient (Wildman–Crippen LogP) is 4.29. The van der Waals surface area contributed by atoms with Gasteiger partial charge in [-0.25, -0.2) is 0 Å². The molecule has 0 unspecified atom stereocenters. The summed E-state index contributed by atoms with van der Waals surface area (Å²) < 4.78 is 10.9. The van der Waals surface area contributed by atoms with Crippen molar-refractivity contribution in [1.29, 1.82) is 0 Å². The van der Waals surface area contributed by atoms with Crippen LogP contribution in [0, 0.1) is 0 Å². The molecule has 0 amide bonds. The van der Waals surface area contributed by atoms with Gasteiger partial charge in [0.25, 0.3) is 0 Å². The van der Waals surface area contributed by atoms with Gasteiger partial charge >= 0.3 is 0 Å². The smallest absolute Gasteiger partial charge is 0.159 e. The number of benzene rings is 2. The molecular weight excluding hydrogens is 314 g/mol. The number of carbonyl (C=O) groups excluding carboxylic acids is 1. The number of ether oxygens (including phenoxy) is 2. The summed E-state index contributed by atoms with van der Waals surface area (Å²) in [5.74, 6) is 1.75. The molecule has 0 aliphatic carbocycles. The van der Waals surface area contributed by atoms with Crippen LogP contribution in [0.15, 0.2) is 60.8 Å². The van der Waals surface area contributed by atoms with Gasteiger partial charge in [-0.05, 0) is 36.8 Å². The van der Waals surface area contributed by atoms with Crippen molar-refractivity contribution < 1.29 is 14.3 Å². The topological polar surface area (TPSA) is 38.8 Å². The molecule has 4 heteroatoms. The molecule has 0 radical (unpaired) electrons. The van der Waals surface area contributed by atoms with Gasteiger partial charge in [-0.3, -0.25) is 4.79 Å². The third kappa shape index (κ3) is 3.53. The zero-order valence-electron chi connectivity index (χ0n) is 14.8. The molecule has 0 aromatic heterocycles. The zero-order valence-corrected chi connectivity index (χ0v) is 14.8. The molecule has 0 bridgehead atoms. The number of methoxy groups -OCH3 is 2. The average molecular weight is 337 g/mol. The third-order valence-electron chi connectivity index (χ3n) is 4.71. The minimum absolute atomic E-state index is 0.00427. The predicted molar refractivity (Wildman–Crippen MR) is 97.7 cm³/mol. The van der Waals surface area contributed by atoms with E-state index in [-0.39, 0.29) is 17.9 Å². The van der Waals surface area contributed by atoms with Crippen LogP contribution in [0.4, 0.5) is 0 Å². The van der Waals surface area contributed by atoms with E-state index in [4.69, 9.17) is 9.47 Å². The lowest BCUT2D eigenvalue weighted by molar-refractivity contribution is -0.116. The number of carbonyl (C=O) groups is 1. The Morgan fingerprint density at radius 1 is 1.08 bits per heavy atom. The van der Waals surface area contributed by atoms with E-state index >= 15 is 0 Å². The van der Waals surface area contributed by atoms with Crippen LogP contribution in [0.3, 0.4) is 0 Å². The van der Waals surface area contributed by atoms with E-state index in [1.807, 2.05) is 42.6 Å². The molecule has 2 atom stereocenters. The molecule has 1 aliphatic heterocycles. The van der Waals surface area contributed by atoms with Crippen molar-refractivity contribution in [3.63, 3.8) is 0 Å². The second-order valence-corrected chi connectivity index (χ2v) is 6.14. The van der Waals surface area contributed by atoms with Crippen LogP contribution >= 0.6 is 0 Å². The van der Waals surface area contributed by atoms with E-state index in [0.717, 1.165) is 22.6 Å². The third-order valence-corrected chi connectivity index (χ3v) is 4.71. The SMILES string of the molecule is COc1ccc(OC)c([C@H](C)N2C=CC(=O)C[C@@H]2c2ccccc2)c1. The van der Waals surface area contributed by atoms with Gasteiger partial charge in [0.05, 0.1) is 26.3 Å². The van der Waals surface area contributed by atoms with Gasteiger partial charge in [0, 0.05) is 18.2 Å². The minimum atomic E-state index is 0.00427. The molecule has 0 saturated carbocycles. The van der Waals surface area contributed by atoms with Gasteiger partial charge in [-0.2, -0.15) is 0 Å². The zero-order chi connectivity index (χ0) is 17.8. The quantitative estimate of drug-likeness (QED) is 0.816. The molecule has 0 N–H and O–H groups in total. The largest absolute Gasteiger partial charge is 0.497 e. The first-order valence-electron chi connectivity index (χ1n) is 8.39. The molecule has 3 rings (SSSR count). The summed E-state index contributed by atoms with van der Waals surface area (Å²) in [5.41, 5.74) is 2.16. The number of hydrogen-bond donors (Lipinski definition) is 0. The van der Waals surface area contributed by atoms with Crippen molar-refractivity contribution >= 4 is 5.78 Å². The first-order chi connectivity index (χ1) is 12.1. The van der Waals surface area contributed by atoms with Gasteiger partial charge in [0.2, 0.25) is 0 Å². The van der Waals surface area contributed by atoms with Crippen LogP contribution in [0.1, 0.15) is 36.6 Å². The molecule has 1 aliphatic rings. The minimum Gasteiger partial charge on any atom is -0.497 e. The van der Waals surface area contributed by atoms with Gasteiger partial charge in [0.15, 0.2) is 5.78 Å². The molecule has 0 spiro atoms. The molecule has 0 fully saturated rings. The highest BCUT2D eigenvalue weighted by atomic mass is 16.5. The van der Waals surface area contributed by atoms with Crippen LogP contribution in [-0.4, -0.2) is 24.9 Å². The molecule has 0 saturated heterocycles. The van der Waals surface area contributed by atoms with E-state index < -0.39 is 0 Å². The monoisotopic (exact) mass is 337 g/mol. The maximum atomic E-state index is 12.0. The van der Waals surface area contributed by atoms with Crippen molar-refractivity contribution in [2.75, 3.05) is 14.2 Å². The Bertz CT molecular complexity index is 770. The fourth-order valence-electron chi connectivity index (χ4n) is 3.33. The number of nitrogens with zero attached hydrogens (tertiary/aromatic N) is 1. The fraction of sp³-hybridized carbons (Fsp3) is 0.286. The number of rotatable bonds is 5. The summed E-state index contributed by atoms with van der Waals surface area (Å²) in [6, 6.07) is 16.0. The van der Waals surface area contributed by atoms with Crippen LogP contribution in [0.2, 0.25) is 0 Å². The standard InChI is InChI=1S/C21H23NO3/c1-15(19-14-18(24-2)9-10-21(19)25-3)22-12-11-17(23)13-20(22)16-7-5-4-6-8-16/h4-12,14-15,20H,13H2,1-3H3/t15-,20+/m0/s1. The Balaban J connectivity index is 2.00. The maximum absolute atomic E-state index is 12.0. The number of ketones is 1. The van der Waals surface area contributed by atoms with Crippen LogP contribution in [0.25, 0.3) is 0 Å². The highest BCUT2D eigenvalue weighted by molar-refractivity contribution is 5.91. The molecule has 2 aromatic carbocycles. The fourth-order valence-corrected chi connectivity index (χ4v) is 3.33. The van der Waals surface area contributed by atoms with Crippen LogP contribution in [0.5, 0.6) is 11.5 Å². The van der Waals surface area contributed by atoms with Gasteiger partial charge in [0.1, 0.15) is 11.5 Å². The van der Waals surface area contributed by atoms with E-state index in [0.29, 0.717) is 6.42 Å². The molecule has 4 nitrogen and oxygen atoms in total. The molecule has 2 aromatic rings. The van der Waals surface area contributed by atoms with Crippen molar-refractivity contribution in [3.05, 3.63) is 71.9 Å². The molecular formula is C21H23NO3. The van der Waals surface area contributed by atoms with Gasteiger partial charge in [-0.1, -0.05) is 30.3 Å². The van der Waals surface area contributed by atoms with Crippen LogP contribution in [-0.2, 0) is 4.79 Å². The first kappa shape index (κ1) is 17.1. The van der Waals surface area contributed by atoms with Gasteiger partial charge in [-0.15, -0.1) is 0 Å². The van der Waals surface area contributed by atoms with E-state index in [1.165, 1.54) is 0 Å². The lowest BCUT2D eigenvalue weighted by Gasteiger charge is -2.38. The Labute approximate surface area is 148 Å². The highest BCUT2D eigenvalue weighted by Gasteiger charge is 2.29. The number of allylic oxidation sites excluding steroid dienone is 1. The van der Waals surface area contributed by atoms with Gasteiger partial charge < -0.3 is 14.4 Å². The highest BCUT2D eigenvalue weighted by Crippen LogP contribution is 2.39.